The zero-order valence-electron chi connectivity index (χ0n) is 17.2. The van der Waals surface area contributed by atoms with Crippen LogP contribution in [0.4, 0.5) is 17.3 Å². The van der Waals surface area contributed by atoms with Crippen molar-refractivity contribution in [2.45, 2.75) is 20.4 Å². The molecule has 0 fully saturated rings. The zero-order chi connectivity index (χ0) is 22.2. The van der Waals surface area contributed by atoms with E-state index in [0.29, 0.717) is 41.5 Å². The maximum absolute atomic E-state index is 11.3. The van der Waals surface area contributed by atoms with E-state index in [4.69, 9.17) is 0 Å². The molecule has 31 heavy (non-hydrogen) atoms. The molecule has 3 rings (SSSR count). The summed E-state index contributed by atoms with van der Waals surface area (Å²) < 4.78 is 0. The first kappa shape index (κ1) is 21.3. The number of carbonyl (C=O) groups excluding carboxylic acids is 1. The first-order valence-corrected chi connectivity index (χ1v) is 9.70. The highest BCUT2D eigenvalue weighted by Gasteiger charge is 2.21. The van der Waals surface area contributed by atoms with Gasteiger partial charge in [0.15, 0.2) is 0 Å². The third kappa shape index (κ3) is 4.95. The largest absolute Gasteiger partial charge is 0.369 e. The Labute approximate surface area is 180 Å². The molecule has 3 aromatic rings. The number of nitrogens with one attached hydrogen (secondary N) is 3. The summed E-state index contributed by atoms with van der Waals surface area (Å²) in [6, 6.07) is 15.1. The van der Waals surface area contributed by atoms with Crippen molar-refractivity contribution < 1.29 is 4.79 Å². The second kappa shape index (κ2) is 9.86. The summed E-state index contributed by atoms with van der Waals surface area (Å²) in [5.41, 5.74) is 3.28. The van der Waals surface area contributed by atoms with Gasteiger partial charge < -0.3 is 16.0 Å². The number of nitrogens with zero attached hydrogens (tertiary/aromatic N) is 4. The Hall–Kier alpha value is -4.43. The van der Waals surface area contributed by atoms with Gasteiger partial charge in [0.1, 0.15) is 34.9 Å². The second-order valence-electron chi connectivity index (χ2n) is 6.66. The summed E-state index contributed by atoms with van der Waals surface area (Å²) in [4.78, 5) is 19.9. The Kier molecular flexibility index (Phi) is 6.77. The van der Waals surface area contributed by atoms with Crippen LogP contribution >= 0.6 is 0 Å². The van der Waals surface area contributed by atoms with E-state index in [1.165, 1.54) is 6.92 Å². The maximum Gasteiger partial charge on any atom is 0.221 e. The molecule has 154 valence electrons. The molecule has 0 radical (unpaired) electrons. The van der Waals surface area contributed by atoms with Crippen LogP contribution in [0.15, 0.2) is 48.8 Å². The number of hydrogen-bond donors (Lipinski definition) is 3. The molecule has 2 aromatic heterocycles. The number of rotatable bonds is 7. The van der Waals surface area contributed by atoms with Crippen LogP contribution in [0, 0.1) is 22.7 Å². The van der Waals surface area contributed by atoms with E-state index in [-0.39, 0.29) is 17.0 Å². The van der Waals surface area contributed by atoms with Gasteiger partial charge in [0, 0.05) is 43.7 Å². The van der Waals surface area contributed by atoms with Crippen LogP contribution in [0.25, 0.3) is 11.1 Å². The van der Waals surface area contributed by atoms with E-state index in [0.717, 1.165) is 5.56 Å². The van der Waals surface area contributed by atoms with Crippen molar-refractivity contribution in [3.63, 3.8) is 0 Å². The molecule has 0 bridgehead atoms. The van der Waals surface area contributed by atoms with Crippen LogP contribution in [0.3, 0.4) is 0 Å². The first-order chi connectivity index (χ1) is 15.1. The Morgan fingerprint density at radius 1 is 1.03 bits per heavy atom. The third-order valence-electron chi connectivity index (χ3n) is 4.44. The lowest BCUT2D eigenvalue weighted by Gasteiger charge is -2.17. The summed E-state index contributed by atoms with van der Waals surface area (Å²) in [6.45, 7) is 4.33. The van der Waals surface area contributed by atoms with Gasteiger partial charge >= 0.3 is 0 Å². The number of amides is 1. The molecule has 8 heteroatoms. The Morgan fingerprint density at radius 2 is 1.71 bits per heavy atom. The van der Waals surface area contributed by atoms with E-state index in [2.05, 4.69) is 38.1 Å². The summed E-state index contributed by atoms with van der Waals surface area (Å²) in [5, 5.41) is 28.8. The van der Waals surface area contributed by atoms with Crippen molar-refractivity contribution in [2.24, 2.45) is 0 Å². The lowest BCUT2D eigenvalue weighted by Crippen LogP contribution is -2.11. The molecule has 0 saturated heterocycles. The Bertz CT molecular complexity index is 1160. The molecule has 0 aliphatic carbocycles. The predicted molar refractivity (Wildman–Crippen MR) is 119 cm³/mol. The standard InChI is InChI=1S/C23H21N7O/c1-3-27-22-19(11-24)21(17-6-8-18(9-7-17)29-15(2)31)20(12-25)23(30-22)28-14-16-5-4-10-26-13-16/h4-10,13H,3,14H2,1-2H3,(H,29,31)(H2,27,28,30). The predicted octanol–water partition coefficient (Wildman–Crippen LogP) is 3.89. The van der Waals surface area contributed by atoms with Crippen molar-refractivity contribution in [3.05, 3.63) is 65.5 Å². The van der Waals surface area contributed by atoms with Gasteiger partial charge in [0.25, 0.3) is 0 Å². The smallest absolute Gasteiger partial charge is 0.221 e. The molecule has 0 atom stereocenters. The molecule has 1 aromatic carbocycles. The molecule has 2 heterocycles. The number of benzene rings is 1. The number of aromatic nitrogens is 2. The van der Waals surface area contributed by atoms with Crippen LogP contribution in [0.5, 0.6) is 0 Å². The minimum Gasteiger partial charge on any atom is -0.369 e. The minimum absolute atomic E-state index is 0.177. The number of carbonyl (C=O) groups is 1. The van der Waals surface area contributed by atoms with Crippen molar-refractivity contribution in [2.75, 3.05) is 22.5 Å². The molecule has 0 saturated carbocycles. The van der Waals surface area contributed by atoms with Gasteiger partial charge in [-0.2, -0.15) is 10.5 Å². The molecular weight excluding hydrogens is 390 g/mol. The first-order valence-electron chi connectivity index (χ1n) is 9.70. The fraction of sp³-hybridized carbons (Fsp3) is 0.174. The third-order valence-corrected chi connectivity index (χ3v) is 4.44. The van der Waals surface area contributed by atoms with Crippen molar-refractivity contribution in [1.82, 2.24) is 9.97 Å². The quantitative estimate of drug-likeness (QED) is 0.538. The van der Waals surface area contributed by atoms with Crippen molar-refractivity contribution >= 4 is 23.2 Å². The highest BCUT2D eigenvalue weighted by molar-refractivity contribution is 5.90. The van der Waals surface area contributed by atoms with Gasteiger partial charge in [-0.15, -0.1) is 0 Å². The van der Waals surface area contributed by atoms with E-state index in [1.807, 2.05) is 19.1 Å². The SMILES string of the molecule is CCNc1nc(NCc2cccnc2)c(C#N)c(-c2ccc(NC(C)=O)cc2)c1C#N. The van der Waals surface area contributed by atoms with Crippen LogP contribution in [-0.4, -0.2) is 22.4 Å². The molecule has 0 spiro atoms. The summed E-state index contributed by atoms with van der Waals surface area (Å²) in [7, 11) is 0. The lowest BCUT2D eigenvalue weighted by atomic mass is 9.95. The average Bonchev–Trinajstić information content (AvgIpc) is 2.78. The maximum atomic E-state index is 11.3. The normalized spacial score (nSPS) is 9.94. The van der Waals surface area contributed by atoms with Gasteiger partial charge in [-0.05, 0) is 36.2 Å². The Balaban J connectivity index is 2.11. The van der Waals surface area contributed by atoms with Gasteiger partial charge in [-0.3, -0.25) is 9.78 Å². The van der Waals surface area contributed by atoms with Crippen LogP contribution in [0.1, 0.15) is 30.5 Å². The zero-order valence-corrected chi connectivity index (χ0v) is 17.2. The average molecular weight is 411 g/mol. The molecule has 3 N–H and O–H groups in total. The fourth-order valence-electron chi connectivity index (χ4n) is 3.13. The summed E-state index contributed by atoms with van der Waals surface area (Å²) in [6.07, 6.45) is 3.42. The van der Waals surface area contributed by atoms with Gasteiger partial charge in [0.2, 0.25) is 5.91 Å². The van der Waals surface area contributed by atoms with Gasteiger partial charge in [0.05, 0.1) is 0 Å². The molecule has 0 unspecified atom stereocenters. The van der Waals surface area contributed by atoms with Crippen molar-refractivity contribution in [3.8, 4) is 23.3 Å². The van der Waals surface area contributed by atoms with E-state index < -0.39 is 0 Å². The number of pyridine rings is 2. The minimum atomic E-state index is -0.177. The number of hydrogen-bond acceptors (Lipinski definition) is 7. The highest BCUT2D eigenvalue weighted by atomic mass is 16.1. The topological polar surface area (TPSA) is 127 Å². The van der Waals surface area contributed by atoms with E-state index in [9.17, 15) is 15.3 Å². The number of anilines is 3. The molecule has 0 aliphatic heterocycles. The van der Waals surface area contributed by atoms with Gasteiger partial charge in [-0.1, -0.05) is 18.2 Å². The van der Waals surface area contributed by atoms with Crippen LogP contribution in [0.2, 0.25) is 0 Å². The lowest BCUT2D eigenvalue weighted by molar-refractivity contribution is -0.114. The number of nitriles is 2. The second-order valence-corrected chi connectivity index (χ2v) is 6.66. The molecule has 8 nitrogen and oxygen atoms in total. The molecule has 1 amide bonds. The van der Waals surface area contributed by atoms with Crippen LogP contribution in [-0.2, 0) is 11.3 Å². The van der Waals surface area contributed by atoms with Crippen LogP contribution < -0.4 is 16.0 Å². The highest BCUT2D eigenvalue weighted by Crippen LogP contribution is 2.35. The monoisotopic (exact) mass is 411 g/mol. The molecule has 0 aliphatic rings. The summed E-state index contributed by atoms with van der Waals surface area (Å²) in [5.74, 6) is 0.601. The van der Waals surface area contributed by atoms with Crippen molar-refractivity contribution in [1.29, 1.82) is 10.5 Å². The molecular formula is C23H21N7O. The fourth-order valence-corrected chi connectivity index (χ4v) is 3.13. The van der Waals surface area contributed by atoms with E-state index in [1.54, 1.807) is 36.7 Å². The summed E-state index contributed by atoms with van der Waals surface area (Å²) >= 11 is 0. The Morgan fingerprint density at radius 3 is 2.26 bits per heavy atom. The van der Waals surface area contributed by atoms with Gasteiger partial charge in [-0.25, -0.2) is 4.98 Å². The van der Waals surface area contributed by atoms with E-state index >= 15 is 0 Å².